The lowest BCUT2D eigenvalue weighted by molar-refractivity contribution is 0.104. The van der Waals surface area contributed by atoms with Crippen LogP contribution in [0.2, 0.25) is 0 Å². The summed E-state index contributed by atoms with van der Waals surface area (Å²) in [6.45, 7) is 1.75. The Hall–Kier alpha value is -2.94. The summed E-state index contributed by atoms with van der Waals surface area (Å²) in [7, 11) is 0. The van der Waals surface area contributed by atoms with Gasteiger partial charge in [-0.2, -0.15) is 0 Å². The molecule has 0 fully saturated rings. The maximum absolute atomic E-state index is 12.3. The third kappa shape index (κ3) is 3.04. The van der Waals surface area contributed by atoms with Gasteiger partial charge in [0.1, 0.15) is 5.76 Å². The fraction of sp³-hybridized carbons (Fsp3) is 0.0526. The molecule has 0 bridgehead atoms. The van der Waals surface area contributed by atoms with Crippen molar-refractivity contribution in [2.24, 2.45) is 0 Å². The summed E-state index contributed by atoms with van der Waals surface area (Å²) in [6.07, 6.45) is 3.30. The molecular formula is C19H15NO2. The van der Waals surface area contributed by atoms with Gasteiger partial charge in [-0.05, 0) is 30.7 Å². The average Bonchev–Trinajstić information content (AvgIpc) is 2.96. The van der Waals surface area contributed by atoms with E-state index in [1.165, 1.54) is 6.08 Å². The first-order chi connectivity index (χ1) is 10.7. The first-order valence-electron chi connectivity index (χ1n) is 7.04. The third-order valence-corrected chi connectivity index (χ3v) is 3.28. The number of aryl methyl sites for hydroxylation is 1. The normalized spacial score (nSPS) is 11.0. The van der Waals surface area contributed by atoms with Gasteiger partial charge in [-0.25, -0.2) is 4.98 Å². The van der Waals surface area contributed by atoms with Crippen LogP contribution in [0, 0.1) is 6.92 Å². The highest BCUT2D eigenvalue weighted by Crippen LogP contribution is 2.22. The summed E-state index contributed by atoms with van der Waals surface area (Å²) in [5.41, 5.74) is 2.18. The molecule has 2 aromatic carbocycles. The van der Waals surface area contributed by atoms with Gasteiger partial charge in [0.2, 0.25) is 11.7 Å². The summed E-state index contributed by atoms with van der Waals surface area (Å²) in [5.74, 6) is 0.836. The molecule has 0 aliphatic heterocycles. The molecule has 1 heterocycles. The highest BCUT2D eigenvalue weighted by Gasteiger charge is 2.15. The number of benzene rings is 2. The third-order valence-electron chi connectivity index (χ3n) is 3.28. The molecule has 0 N–H and O–H groups in total. The summed E-state index contributed by atoms with van der Waals surface area (Å²) >= 11 is 0. The van der Waals surface area contributed by atoms with E-state index in [0.29, 0.717) is 17.3 Å². The van der Waals surface area contributed by atoms with Crippen molar-refractivity contribution in [1.29, 1.82) is 0 Å². The number of nitrogens with zero attached hydrogens (tertiary/aromatic N) is 1. The largest absolute Gasteiger partial charge is 0.441 e. The van der Waals surface area contributed by atoms with Crippen LogP contribution in [-0.4, -0.2) is 10.8 Å². The van der Waals surface area contributed by atoms with Crippen LogP contribution in [0.15, 0.2) is 71.2 Å². The van der Waals surface area contributed by atoms with E-state index >= 15 is 0 Å². The van der Waals surface area contributed by atoms with E-state index in [4.69, 9.17) is 4.42 Å². The minimum atomic E-state index is -0.160. The first-order valence-corrected chi connectivity index (χ1v) is 7.04. The zero-order valence-corrected chi connectivity index (χ0v) is 12.2. The van der Waals surface area contributed by atoms with Crippen LogP contribution in [-0.2, 0) is 0 Å². The van der Waals surface area contributed by atoms with Crippen LogP contribution >= 0.6 is 0 Å². The Balaban J connectivity index is 1.85. The summed E-state index contributed by atoms with van der Waals surface area (Å²) in [4.78, 5) is 16.6. The van der Waals surface area contributed by atoms with Gasteiger partial charge >= 0.3 is 0 Å². The molecule has 0 saturated carbocycles. The van der Waals surface area contributed by atoms with Gasteiger partial charge in [0.25, 0.3) is 0 Å². The quantitative estimate of drug-likeness (QED) is 0.523. The van der Waals surface area contributed by atoms with E-state index in [1.807, 2.05) is 60.7 Å². The lowest BCUT2D eigenvalue weighted by Crippen LogP contribution is -1.97. The molecule has 0 saturated heterocycles. The van der Waals surface area contributed by atoms with Crippen molar-refractivity contribution in [1.82, 2.24) is 4.98 Å². The SMILES string of the molecule is Cc1oc(-c2ccccc2)nc1C(=O)/C=C/c1ccccc1. The molecule has 108 valence electrons. The predicted octanol–water partition coefficient (Wildman–Crippen LogP) is 4.55. The molecule has 0 amide bonds. The summed E-state index contributed by atoms with van der Waals surface area (Å²) in [6, 6.07) is 19.2. The van der Waals surface area contributed by atoms with Gasteiger partial charge in [-0.15, -0.1) is 0 Å². The number of rotatable bonds is 4. The van der Waals surface area contributed by atoms with Crippen LogP contribution in [0.4, 0.5) is 0 Å². The lowest BCUT2D eigenvalue weighted by Gasteiger charge is -1.92. The summed E-state index contributed by atoms with van der Waals surface area (Å²) in [5, 5.41) is 0. The van der Waals surface area contributed by atoms with Crippen molar-refractivity contribution < 1.29 is 9.21 Å². The number of ketones is 1. The van der Waals surface area contributed by atoms with Crippen molar-refractivity contribution in [3.63, 3.8) is 0 Å². The van der Waals surface area contributed by atoms with E-state index in [9.17, 15) is 4.79 Å². The molecule has 3 nitrogen and oxygen atoms in total. The Morgan fingerprint density at radius 2 is 1.64 bits per heavy atom. The zero-order valence-electron chi connectivity index (χ0n) is 12.2. The topological polar surface area (TPSA) is 43.1 Å². The molecule has 3 aromatic rings. The van der Waals surface area contributed by atoms with E-state index in [2.05, 4.69) is 4.98 Å². The van der Waals surface area contributed by atoms with Crippen molar-refractivity contribution in [3.05, 3.63) is 83.8 Å². The second-order valence-electron chi connectivity index (χ2n) is 4.90. The Bertz CT molecular complexity index is 802. The maximum atomic E-state index is 12.3. The van der Waals surface area contributed by atoms with Crippen LogP contribution in [0.3, 0.4) is 0 Å². The van der Waals surface area contributed by atoms with Crippen molar-refractivity contribution in [3.8, 4) is 11.5 Å². The molecular weight excluding hydrogens is 274 g/mol. The number of hydrogen-bond donors (Lipinski definition) is 0. The van der Waals surface area contributed by atoms with Gasteiger partial charge in [0.05, 0.1) is 0 Å². The Morgan fingerprint density at radius 3 is 2.32 bits per heavy atom. The van der Waals surface area contributed by atoms with Gasteiger partial charge in [-0.1, -0.05) is 54.6 Å². The number of aromatic nitrogens is 1. The van der Waals surface area contributed by atoms with E-state index in [0.717, 1.165) is 11.1 Å². The van der Waals surface area contributed by atoms with Gasteiger partial charge in [0.15, 0.2) is 5.69 Å². The number of carbonyl (C=O) groups excluding carboxylic acids is 1. The van der Waals surface area contributed by atoms with Gasteiger partial charge < -0.3 is 4.42 Å². The second kappa shape index (κ2) is 6.22. The fourth-order valence-corrected chi connectivity index (χ4v) is 2.14. The van der Waals surface area contributed by atoms with E-state index in [-0.39, 0.29) is 5.78 Å². The predicted molar refractivity (Wildman–Crippen MR) is 86.5 cm³/mol. The second-order valence-corrected chi connectivity index (χ2v) is 4.90. The standard InChI is InChI=1S/C19H15NO2/c1-14-18(17(21)13-12-15-8-4-2-5-9-15)20-19(22-14)16-10-6-3-7-11-16/h2-13H,1H3/b13-12+. The molecule has 0 radical (unpaired) electrons. The van der Waals surface area contributed by atoms with Crippen molar-refractivity contribution in [2.45, 2.75) is 6.92 Å². The molecule has 0 atom stereocenters. The molecule has 0 aliphatic carbocycles. The minimum absolute atomic E-state index is 0.160. The lowest BCUT2D eigenvalue weighted by atomic mass is 10.1. The number of allylic oxidation sites excluding steroid dienone is 1. The average molecular weight is 289 g/mol. The molecule has 0 aliphatic rings. The maximum Gasteiger partial charge on any atom is 0.226 e. The van der Waals surface area contributed by atoms with Crippen LogP contribution in [0.1, 0.15) is 21.8 Å². The molecule has 0 unspecified atom stereocenters. The molecule has 0 spiro atoms. The van der Waals surface area contributed by atoms with Crippen LogP contribution in [0.25, 0.3) is 17.5 Å². The smallest absolute Gasteiger partial charge is 0.226 e. The van der Waals surface area contributed by atoms with Crippen molar-refractivity contribution in [2.75, 3.05) is 0 Å². The minimum Gasteiger partial charge on any atom is -0.441 e. The number of hydrogen-bond acceptors (Lipinski definition) is 3. The van der Waals surface area contributed by atoms with Crippen molar-refractivity contribution >= 4 is 11.9 Å². The summed E-state index contributed by atoms with van der Waals surface area (Å²) < 4.78 is 5.61. The Kier molecular flexibility index (Phi) is 3.97. The zero-order chi connectivity index (χ0) is 15.4. The van der Waals surface area contributed by atoms with Crippen LogP contribution in [0.5, 0.6) is 0 Å². The Morgan fingerprint density at radius 1 is 1.00 bits per heavy atom. The highest BCUT2D eigenvalue weighted by molar-refractivity contribution is 6.06. The molecule has 3 rings (SSSR count). The molecule has 22 heavy (non-hydrogen) atoms. The van der Waals surface area contributed by atoms with Gasteiger partial charge in [0, 0.05) is 5.56 Å². The monoisotopic (exact) mass is 289 g/mol. The number of oxazole rings is 1. The fourth-order valence-electron chi connectivity index (χ4n) is 2.14. The number of carbonyl (C=O) groups is 1. The van der Waals surface area contributed by atoms with Gasteiger partial charge in [-0.3, -0.25) is 4.79 Å². The van der Waals surface area contributed by atoms with Crippen LogP contribution < -0.4 is 0 Å². The van der Waals surface area contributed by atoms with E-state index in [1.54, 1.807) is 13.0 Å². The Labute approximate surface area is 128 Å². The first kappa shape index (κ1) is 14.0. The molecule has 1 aromatic heterocycles. The molecule has 3 heteroatoms. The highest BCUT2D eigenvalue weighted by atomic mass is 16.4. The van der Waals surface area contributed by atoms with E-state index < -0.39 is 0 Å².